The molecule has 5 N–H and O–H groups in total. The number of nitrogens with one attached hydrogen (secondary N) is 2. The molecular weight excluding hydrogens is 252 g/mol. The van der Waals surface area contributed by atoms with Crippen LogP contribution in [-0.2, 0) is 9.59 Å². The van der Waals surface area contributed by atoms with E-state index in [0.29, 0.717) is 0 Å². The van der Waals surface area contributed by atoms with Gasteiger partial charge >= 0.3 is 12.0 Å². The smallest absolute Gasteiger partial charge is 0.326 e. The fourth-order valence-electron chi connectivity index (χ4n) is 0.875. The largest absolute Gasteiger partial charge is 0.480 e. The molecule has 0 aliphatic heterocycles. The van der Waals surface area contributed by atoms with Crippen LogP contribution in [0.15, 0.2) is 0 Å². The number of hydrogen-bond donors (Lipinski definition) is 4. The molecule has 0 aliphatic rings. The number of carbonyl (C=O) groups is 3. The molecule has 1 aromatic heterocycles. The van der Waals surface area contributed by atoms with Crippen molar-refractivity contribution in [1.82, 2.24) is 20.1 Å². The number of urea groups is 1. The lowest BCUT2D eigenvalue weighted by Crippen LogP contribution is -2.45. The van der Waals surface area contributed by atoms with Crippen LogP contribution in [0.25, 0.3) is 0 Å². The molecule has 92 valence electrons. The van der Waals surface area contributed by atoms with Crippen LogP contribution in [0.5, 0.6) is 0 Å². The zero-order valence-electron chi connectivity index (χ0n) is 8.28. The minimum absolute atomic E-state index is 0.103. The molecule has 0 aliphatic carbocycles. The third kappa shape index (κ3) is 4.38. The molecule has 0 spiro atoms. The molecule has 17 heavy (non-hydrogen) atoms. The number of hydrogen-bond acceptors (Lipinski definition) is 7. The summed E-state index contributed by atoms with van der Waals surface area (Å²) in [7, 11) is 0. The molecule has 0 bridgehead atoms. The summed E-state index contributed by atoms with van der Waals surface area (Å²) in [6.07, 6.45) is -0.503. The zero-order chi connectivity index (χ0) is 12.8. The third-order valence-electron chi connectivity index (χ3n) is 1.53. The Balaban J connectivity index is 2.52. The summed E-state index contributed by atoms with van der Waals surface area (Å²) in [6, 6.07) is -2.23. The molecule has 0 radical (unpaired) electrons. The van der Waals surface area contributed by atoms with Gasteiger partial charge in [-0.05, 0) is 5.21 Å². The Morgan fingerprint density at radius 2 is 2.18 bits per heavy atom. The average molecular weight is 260 g/mol. The number of carboxylic acid groups (broad SMARTS) is 1. The highest BCUT2D eigenvalue weighted by atomic mass is 32.1. The van der Waals surface area contributed by atoms with Gasteiger partial charge in [0.25, 0.3) is 0 Å². The first-order valence-corrected chi connectivity index (χ1v) is 5.00. The SMILES string of the molecule is NC(=O)C[C@H](NC(=O)Nc1nnns1)C(=O)O. The molecule has 3 amide bonds. The number of carboxylic acids is 1. The number of anilines is 1. The molecule has 0 saturated carbocycles. The van der Waals surface area contributed by atoms with Gasteiger partial charge in [-0.3, -0.25) is 10.1 Å². The van der Waals surface area contributed by atoms with E-state index in [0.717, 1.165) is 11.5 Å². The molecule has 11 heteroatoms. The molecule has 10 nitrogen and oxygen atoms in total. The maximum atomic E-state index is 11.3. The summed E-state index contributed by atoms with van der Waals surface area (Å²) in [5.74, 6) is -2.20. The highest BCUT2D eigenvalue weighted by Crippen LogP contribution is 2.04. The van der Waals surface area contributed by atoms with Crippen LogP contribution in [0, 0.1) is 0 Å². The van der Waals surface area contributed by atoms with Crippen LogP contribution in [0.2, 0.25) is 0 Å². The van der Waals surface area contributed by atoms with Crippen molar-refractivity contribution < 1.29 is 19.5 Å². The fourth-order valence-corrected chi connectivity index (χ4v) is 1.24. The maximum Gasteiger partial charge on any atom is 0.326 e. The van der Waals surface area contributed by atoms with Crippen molar-refractivity contribution in [3.63, 3.8) is 0 Å². The van der Waals surface area contributed by atoms with Crippen LogP contribution < -0.4 is 16.4 Å². The Kier molecular flexibility index (Phi) is 4.28. The van der Waals surface area contributed by atoms with Crippen molar-refractivity contribution >= 4 is 34.6 Å². The monoisotopic (exact) mass is 260 g/mol. The van der Waals surface area contributed by atoms with E-state index in [2.05, 4.69) is 20.1 Å². The van der Waals surface area contributed by atoms with Gasteiger partial charge in [0.1, 0.15) is 6.04 Å². The van der Waals surface area contributed by atoms with Gasteiger partial charge in [-0.25, -0.2) is 9.59 Å². The van der Waals surface area contributed by atoms with Crippen molar-refractivity contribution in [2.24, 2.45) is 5.73 Å². The second-order valence-electron chi connectivity index (χ2n) is 2.83. The summed E-state index contributed by atoms with van der Waals surface area (Å²) >= 11 is 0.817. The van der Waals surface area contributed by atoms with Crippen LogP contribution in [-0.4, -0.2) is 43.9 Å². The van der Waals surface area contributed by atoms with Crippen molar-refractivity contribution in [1.29, 1.82) is 0 Å². The quantitative estimate of drug-likeness (QED) is 0.494. The minimum Gasteiger partial charge on any atom is -0.480 e. The van der Waals surface area contributed by atoms with Crippen LogP contribution in [0.1, 0.15) is 6.42 Å². The molecule has 1 rings (SSSR count). The number of carbonyl (C=O) groups excluding carboxylic acids is 2. The van der Waals surface area contributed by atoms with E-state index in [1.165, 1.54) is 0 Å². The number of aromatic nitrogens is 3. The van der Waals surface area contributed by atoms with Gasteiger partial charge in [0.15, 0.2) is 0 Å². The average Bonchev–Trinajstić information content (AvgIpc) is 2.68. The standard InChI is InChI=1S/C6H8N6O4S/c7-3(13)1-2(4(14)15)8-5(16)9-6-10-11-12-17-6/h2H,1H2,(H2,7,13)(H,14,15)(H2,8,9,10,12,16)/t2-/m0/s1. The second-order valence-corrected chi connectivity index (χ2v) is 3.56. The van der Waals surface area contributed by atoms with Gasteiger partial charge in [-0.15, -0.1) is 0 Å². The Morgan fingerprint density at radius 1 is 1.47 bits per heavy atom. The van der Waals surface area contributed by atoms with E-state index >= 15 is 0 Å². The maximum absolute atomic E-state index is 11.3. The number of aliphatic carboxylic acids is 1. The van der Waals surface area contributed by atoms with Crippen LogP contribution in [0.3, 0.4) is 0 Å². The Labute approximate surface area is 98.4 Å². The van der Waals surface area contributed by atoms with Crippen LogP contribution in [0.4, 0.5) is 9.93 Å². The predicted octanol–water partition coefficient (Wildman–Crippen LogP) is -1.62. The number of rotatable bonds is 5. The van der Waals surface area contributed by atoms with Crippen molar-refractivity contribution in [3.8, 4) is 0 Å². The van der Waals surface area contributed by atoms with Gasteiger partial charge in [0, 0.05) is 11.5 Å². The third-order valence-corrected chi connectivity index (χ3v) is 2.04. The molecular formula is C6H8N6O4S. The summed E-state index contributed by atoms with van der Waals surface area (Å²) < 4.78 is 3.39. The van der Waals surface area contributed by atoms with Gasteiger partial charge in [-0.1, -0.05) is 9.59 Å². The number of nitrogens with two attached hydrogens (primary N) is 1. The molecule has 0 saturated heterocycles. The first-order valence-electron chi connectivity index (χ1n) is 4.22. The summed E-state index contributed by atoms with van der Waals surface area (Å²) in [6.45, 7) is 0. The summed E-state index contributed by atoms with van der Waals surface area (Å²) in [5.41, 5.74) is 4.84. The minimum atomic E-state index is -1.40. The molecule has 1 atom stereocenters. The van der Waals surface area contributed by atoms with E-state index in [4.69, 9.17) is 10.8 Å². The van der Waals surface area contributed by atoms with Gasteiger partial charge in [-0.2, -0.15) is 0 Å². The van der Waals surface area contributed by atoms with Crippen molar-refractivity contribution in [2.75, 3.05) is 5.32 Å². The lowest BCUT2D eigenvalue weighted by molar-refractivity contribution is -0.140. The first-order chi connectivity index (χ1) is 7.99. The van der Waals surface area contributed by atoms with E-state index in [1.807, 2.05) is 5.32 Å². The number of nitrogens with zero attached hydrogens (tertiary/aromatic N) is 3. The van der Waals surface area contributed by atoms with Gasteiger partial charge in [0.05, 0.1) is 6.42 Å². The van der Waals surface area contributed by atoms with E-state index in [9.17, 15) is 14.4 Å². The Bertz CT molecular complexity index is 420. The lowest BCUT2D eigenvalue weighted by Gasteiger charge is -2.12. The summed E-state index contributed by atoms with van der Waals surface area (Å²) in [4.78, 5) is 32.5. The normalized spacial score (nSPS) is 11.5. The Morgan fingerprint density at radius 3 is 2.65 bits per heavy atom. The molecule has 0 aromatic carbocycles. The Hall–Kier alpha value is -2.30. The van der Waals surface area contributed by atoms with Crippen molar-refractivity contribution in [2.45, 2.75) is 12.5 Å². The molecule has 0 fully saturated rings. The fraction of sp³-hybridized carbons (Fsp3) is 0.333. The van der Waals surface area contributed by atoms with Gasteiger partial charge < -0.3 is 16.2 Å². The number of amides is 3. The van der Waals surface area contributed by atoms with E-state index in [1.54, 1.807) is 0 Å². The summed E-state index contributed by atoms with van der Waals surface area (Å²) in [5, 5.41) is 19.7. The molecule has 1 heterocycles. The van der Waals surface area contributed by atoms with E-state index in [-0.39, 0.29) is 5.13 Å². The zero-order valence-corrected chi connectivity index (χ0v) is 9.10. The number of primary amides is 1. The highest BCUT2D eigenvalue weighted by molar-refractivity contribution is 7.09. The lowest BCUT2D eigenvalue weighted by atomic mass is 10.2. The highest BCUT2D eigenvalue weighted by Gasteiger charge is 2.22. The molecule has 1 aromatic rings. The molecule has 0 unspecified atom stereocenters. The van der Waals surface area contributed by atoms with Gasteiger partial charge in [0.2, 0.25) is 11.0 Å². The van der Waals surface area contributed by atoms with Crippen molar-refractivity contribution in [3.05, 3.63) is 0 Å². The first kappa shape index (κ1) is 12.8. The predicted molar refractivity (Wildman–Crippen MR) is 55.1 cm³/mol. The topological polar surface area (TPSA) is 160 Å². The van der Waals surface area contributed by atoms with E-state index < -0.39 is 30.4 Å². The van der Waals surface area contributed by atoms with Crippen LogP contribution >= 0.6 is 11.5 Å². The second kappa shape index (κ2) is 5.69.